The van der Waals surface area contributed by atoms with Crippen LogP contribution in [0.1, 0.15) is 16.2 Å². The van der Waals surface area contributed by atoms with Crippen molar-refractivity contribution in [3.05, 3.63) is 53.9 Å². The lowest BCUT2D eigenvalue weighted by Crippen LogP contribution is -2.35. The van der Waals surface area contributed by atoms with E-state index in [4.69, 9.17) is 9.63 Å². The highest BCUT2D eigenvalue weighted by Gasteiger charge is 2.18. The van der Waals surface area contributed by atoms with Gasteiger partial charge < -0.3 is 14.9 Å². The molecule has 27 heavy (non-hydrogen) atoms. The standard InChI is InChI=1S/C16H17N5O5S/c22-10-12-8-15(20-19-12)27(24,25)18-7-6-17-16(23)13-9-14(26-21-13)11-4-2-1-3-5-11/h1-5,8-9,18,22H,6-7,10H2,(H,17,23)(H,19,20). The first-order valence-electron chi connectivity index (χ1n) is 7.95. The molecule has 0 saturated carbocycles. The van der Waals surface area contributed by atoms with E-state index >= 15 is 0 Å². The summed E-state index contributed by atoms with van der Waals surface area (Å²) in [6.07, 6.45) is 0. The molecule has 2 aromatic heterocycles. The molecular formula is C16H17N5O5S. The Morgan fingerprint density at radius 1 is 1.19 bits per heavy atom. The van der Waals surface area contributed by atoms with Gasteiger partial charge in [-0.2, -0.15) is 5.10 Å². The van der Waals surface area contributed by atoms with Crippen LogP contribution in [0.15, 0.2) is 52.0 Å². The van der Waals surface area contributed by atoms with Crippen LogP contribution in [0.2, 0.25) is 0 Å². The Kier molecular flexibility index (Phi) is 5.64. The second kappa shape index (κ2) is 8.12. The number of carbonyl (C=O) groups excluding carboxylic acids is 1. The molecule has 0 aliphatic rings. The Morgan fingerprint density at radius 2 is 1.96 bits per heavy atom. The van der Waals surface area contributed by atoms with E-state index in [1.165, 1.54) is 12.1 Å². The van der Waals surface area contributed by atoms with Gasteiger partial charge in [-0.05, 0) is 0 Å². The molecule has 10 nitrogen and oxygen atoms in total. The van der Waals surface area contributed by atoms with Gasteiger partial charge in [0.2, 0.25) is 0 Å². The number of nitrogens with zero attached hydrogens (tertiary/aromatic N) is 2. The summed E-state index contributed by atoms with van der Waals surface area (Å²) in [5.74, 6) is -0.0258. The van der Waals surface area contributed by atoms with E-state index in [2.05, 4.69) is 25.4 Å². The molecule has 142 valence electrons. The molecular weight excluding hydrogens is 374 g/mol. The number of aromatic amines is 1. The van der Waals surface area contributed by atoms with E-state index in [0.29, 0.717) is 5.76 Å². The molecule has 0 aliphatic carbocycles. The molecule has 1 aromatic carbocycles. The quantitative estimate of drug-likeness (QED) is 0.402. The Balaban J connectivity index is 1.50. The van der Waals surface area contributed by atoms with Gasteiger partial charge in [0.25, 0.3) is 15.9 Å². The van der Waals surface area contributed by atoms with Gasteiger partial charge in [-0.25, -0.2) is 13.1 Å². The molecule has 1 amide bonds. The zero-order chi connectivity index (χ0) is 19.3. The fraction of sp³-hybridized carbons (Fsp3) is 0.188. The van der Waals surface area contributed by atoms with Gasteiger partial charge in [0.1, 0.15) is 0 Å². The number of benzene rings is 1. The Hall–Kier alpha value is -3.02. The fourth-order valence-corrected chi connectivity index (χ4v) is 3.19. The lowest BCUT2D eigenvalue weighted by Gasteiger charge is -2.05. The maximum atomic E-state index is 12.1. The summed E-state index contributed by atoms with van der Waals surface area (Å²) in [7, 11) is -3.83. The van der Waals surface area contributed by atoms with Crippen molar-refractivity contribution in [1.82, 2.24) is 25.4 Å². The normalized spacial score (nSPS) is 11.4. The minimum Gasteiger partial charge on any atom is -0.390 e. The van der Waals surface area contributed by atoms with Gasteiger partial charge in [-0.15, -0.1) is 0 Å². The zero-order valence-corrected chi connectivity index (χ0v) is 14.9. The van der Waals surface area contributed by atoms with Crippen molar-refractivity contribution in [1.29, 1.82) is 0 Å². The van der Waals surface area contributed by atoms with Gasteiger partial charge >= 0.3 is 0 Å². The van der Waals surface area contributed by atoms with Crippen molar-refractivity contribution in [2.24, 2.45) is 0 Å². The first kappa shape index (κ1) is 18.8. The van der Waals surface area contributed by atoms with Crippen LogP contribution in [0.4, 0.5) is 0 Å². The average molecular weight is 391 g/mol. The second-order valence-corrected chi connectivity index (χ2v) is 7.20. The molecule has 11 heteroatoms. The van der Waals surface area contributed by atoms with E-state index in [0.717, 1.165) is 5.56 Å². The van der Waals surface area contributed by atoms with Gasteiger partial charge in [-0.1, -0.05) is 35.5 Å². The molecule has 0 atom stereocenters. The van der Waals surface area contributed by atoms with Gasteiger partial charge in [0, 0.05) is 30.8 Å². The molecule has 2 heterocycles. The number of nitrogens with one attached hydrogen (secondary N) is 3. The second-order valence-electron chi connectivity index (χ2n) is 5.49. The molecule has 4 N–H and O–H groups in total. The van der Waals surface area contributed by atoms with Crippen LogP contribution in [-0.2, 0) is 16.6 Å². The molecule has 0 radical (unpaired) electrons. The van der Waals surface area contributed by atoms with Crippen LogP contribution >= 0.6 is 0 Å². The first-order chi connectivity index (χ1) is 13.0. The lowest BCUT2D eigenvalue weighted by atomic mass is 10.1. The van der Waals surface area contributed by atoms with Crippen LogP contribution in [0.5, 0.6) is 0 Å². The first-order valence-corrected chi connectivity index (χ1v) is 9.43. The van der Waals surface area contributed by atoms with Crippen LogP contribution in [0.25, 0.3) is 11.3 Å². The monoisotopic (exact) mass is 391 g/mol. The van der Waals surface area contributed by atoms with Crippen molar-refractivity contribution in [2.75, 3.05) is 13.1 Å². The number of hydrogen-bond acceptors (Lipinski definition) is 7. The molecule has 0 fully saturated rings. The molecule has 0 unspecified atom stereocenters. The van der Waals surface area contributed by atoms with Crippen molar-refractivity contribution in [3.8, 4) is 11.3 Å². The number of carbonyl (C=O) groups is 1. The van der Waals surface area contributed by atoms with Gasteiger partial charge in [-0.3, -0.25) is 9.89 Å². The van der Waals surface area contributed by atoms with Crippen LogP contribution in [0, 0.1) is 0 Å². The predicted octanol–water partition coefficient (Wildman–Crippen LogP) is 0.265. The smallest absolute Gasteiger partial charge is 0.273 e. The van der Waals surface area contributed by atoms with E-state index in [1.54, 1.807) is 0 Å². The molecule has 0 saturated heterocycles. The third kappa shape index (κ3) is 4.58. The summed E-state index contributed by atoms with van der Waals surface area (Å²) in [6, 6.07) is 11.9. The summed E-state index contributed by atoms with van der Waals surface area (Å²) in [6.45, 7) is -0.344. The number of amides is 1. The molecule has 0 aliphatic heterocycles. The predicted molar refractivity (Wildman–Crippen MR) is 94.0 cm³/mol. The number of sulfonamides is 1. The lowest BCUT2D eigenvalue weighted by molar-refractivity contribution is 0.0945. The maximum Gasteiger partial charge on any atom is 0.273 e. The number of rotatable bonds is 8. The largest absolute Gasteiger partial charge is 0.390 e. The van der Waals surface area contributed by atoms with Crippen LogP contribution in [-0.4, -0.2) is 47.9 Å². The minimum absolute atomic E-state index is 0.0429. The average Bonchev–Trinajstić information content (AvgIpc) is 3.35. The highest BCUT2D eigenvalue weighted by atomic mass is 32.2. The summed E-state index contributed by atoms with van der Waals surface area (Å²) < 4.78 is 31.5. The van der Waals surface area contributed by atoms with Crippen molar-refractivity contribution in [2.45, 2.75) is 11.6 Å². The SMILES string of the molecule is O=C(NCCNS(=O)(=O)c1cc(CO)[nH]n1)c1cc(-c2ccccc2)on1. The Bertz CT molecular complexity index is 1010. The van der Waals surface area contributed by atoms with E-state index in [1.807, 2.05) is 30.3 Å². The van der Waals surface area contributed by atoms with Gasteiger partial charge in [0.15, 0.2) is 16.5 Å². The van der Waals surface area contributed by atoms with E-state index in [-0.39, 0.29) is 36.1 Å². The highest BCUT2D eigenvalue weighted by Crippen LogP contribution is 2.19. The maximum absolute atomic E-state index is 12.1. The fourth-order valence-electron chi connectivity index (χ4n) is 2.21. The third-order valence-corrected chi connectivity index (χ3v) is 4.90. The van der Waals surface area contributed by atoms with Crippen molar-refractivity contribution in [3.63, 3.8) is 0 Å². The third-order valence-electron chi connectivity index (χ3n) is 3.56. The van der Waals surface area contributed by atoms with Crippen LogP contribution < -0.4 is 10.0 Å². The van der Waals surface area contributed by atoms with E-state index in [9.17, 15) is 13.2 Å². The number of aliphatic hydroxyl groups is 1. The molecule has 3 aromatic rings. The minimum atomic E-state index is -3.83. The molecule has 3 rings (SSSR count). The summed E-state index contributed by atoms with van der Waals surface area (Å²) in [5, 5.41) is 21.0. The summed E-state index contributed by atoms with van der Waals surface area (Å²) >= 11 is 0. The zero-order valence-electron chi connectivity index (χ0n) is 14.0. The summed E-state index contributed by atoms with van der Waals surface area (Å²) in [4.78, 5) is 12.1. The van der Waals surface area contributed by atoms with E-state index < -0.39 is 15.9 Å². The Labute approximate surface area is 154 Å². The van der Waals surface area contributed by atoms with Crippen molar-refractivity contribution < 1.29 is 22.8 Å². The Morgan fingerprint density at radius 3 is 2.67 bits per heavy atom. The molecule has 0 spiro atoms. The topological polar surface area (TPSA) is 150 Å². The number of H-pyrrole nitrogens is 1. The number of aromatic nitrogens is 3. The van der Waals surface area contributed by atoms with Crippen molar-refractivity contribution >= 4 is 15.9 Å². The highest BCUT2D eigenvalue weighted by molar-refractivity contribution is 7.89. The summed E-state index contributed by atoms with van der Waals surface area (Å²) in [5.41, 5.74) is 1.17. The molecule has 0 bridgehead atoms. The van der Waals surface area contributed by atoms with Gasteiger partial charge in [0.05, 0.1) is 12.3 Å². The van der Waals surface area contributed by atoms with Crippen LogP contribution in [0.3, 0.4) is 0 Å². The number of hydrogen-bond donors (Lipinski definition) is 4. The number of aliphatic hydroxyl groups excluding tert-OH is 1.